The second-order valence-electron chi connectivity index (χ2n) is 8.07. The highest BCUT2D eigenvalue weighted by atomic mass is 32.1. The number of rotatable bonds is 17. The molecule has 31 heavy (non-hydrogen) atoms. The van der Waals surface area contributed by atoms with Gasteiger partial charge in [-0.3, -0.25) is 4.57 Å². The first-order chi connectivity index (χ1) is 15.1. The summed E-state index contributed by atoms with van der Waals surface area (Å²) in [4.78, 5) is 3.92. The molecule has 6 heteroatoms. The molecule has 0 atom stereocenters. The normalized spacial score (nSPS) is 12.0. The van der Waals surface area contributed by atoms with E-state index in [1.54, 1.807) is 11.3 Å². The third-order valence-electron chi connectivity index (χ3n) is 5.41. The van der Waals surface area contributed by atoms with Crippen molar-refractivity contribution in [2.24, 2.45) is 0 Å². The summed E-state index contributed by atoms with van der Waals surface area (Å²) in [7, 11) is -3.08. The Morgan fingerprint density at radius 2 is 1.42 bits per heavy atom. The summed E-state index contributed by atoms with van der Waals surface area (Å²) in [5.41, 5.74) is 2.88. The van der Waals surface area contributed by atoms with E-state index in [2.05, 4.69) is 31.4 Å². The molecular formula is C25H41O3PS2. The van der Waals surface area contributed by atoms with Crippen molar-refractivity contribution in [3.63, 3.8) is 0 Å². The lowest BCUT2D eigenvalue weighted by molar-refractivity contribution is 0.219. The summed E-state index contributed by atoms with van der Waals surface area (Å²) in [5.74, 6) is 0. The van der Waals surface area contributed by atoms with Crippen LogP contribution in [0.4, 0.5) is 0 Å². The van der Waals surface area contributed by atoms with Gasteiger partial charge in [-0.15, -0.1) is 22.7 Å². The monoisotopic (exact) mass is 484 g/mol. The number of hydrogen-bond acceptors (Lipinski definition) is 5. The Bertz CT molecular complexity index is 787. The molecule has 176 valence electrons. The second-order valence-corrected chi connectivity index (χ2v) is 12.2. The van der Waals surface area contributed by atoms with Crippen LogP contribution in [0.25, 0.3) is 9.75 Å². The van der Waals surface area contributed by atoms with E-state index < -0.39 is 7.60 Å². The van der Waals surface area contributed by atoms with E-state index in [0.29, 0.717) is 19.4 Å². The quantitative estimate of drug-likeness (QED) is 0.166. The van der Waals surface area contributed by atoms with Crippen LogP contribution in [0, 0.1) is 0 Å². The molecule has 0 aliphatic rings. The molecule has 0 aliphatic heterocycles. The van der Waals surface area contributed by atoms with E-state index in [-0.39, 0.29) is 0 Å². The molecule has 0 radical (unpaired) electrons. The lowest BCUT2D eigenvalue weighted by atomic mass is 10.0. The topological polar surface area (TPSA) is 35.5 Å². The minimum Gasteiger partial charge on any atom is -0.309 e. The summed E-state index contributed by atoms with van der Waals surface area (Å²) < 4.78 is 24.3. The standard InChI is InChI=1S/C25H41O3PS2/c1-5-9-11-13-15-21-17-18-30-24(21)25-22(16-14-12-10-6-2)19-23(31-25)20-29(26,27-7-3)28-8-4/h17-19H,5-16,20H2,1-4H3. The van der Waals surface area contributed by atoms with Crippen LogP contribution < -0.4 is 0 Å². The zero-order valence-electron chi connectivity index (χ0n) is 19.9. The third-order valence-corrected chi connectivity index (χ3v) is 9.96. The van der Waals surface area contributed by atoms with Crippen LogP contribution in [-0.2, 0) is 32.6 Å². The van der Waals surface area contributed by atoms with Crippen molar-refractivity contribution in [1.29, 1.82) is 0 Å². The van der Waals surface area contributed by atoms with Gasteiger partial charge in [-0.1, -0.05) is 52.4 Å². The lowest BCUT2D eigenvalue weighted by Gasteiger charge is -2.15. The highest BCUT2D eigenvalue weighted by Crippen LogP contribution is 2.53. The highest BCUT2D eigenvalue weighted by molar-refractivity contribution is 7.53. The molecule has 3 nitrogen and oxygen atoms in total. The average Bonchev–Trinajstić information content (AvgIpc) is 3.35. The fourth-order valence-electron chi connectivity index (χ4n) is 3.87. The Balaban J connectivity index is 2.26. The first kappa shape index (κ1) is 26.8. The molecule has 0 N–H and O–H groups in total. The van der Waals surface area contributed by atoms with Gasteiger partial charge < -0.3 is 9.05 Å². The van der Waals surface area contributed by atoms with Gasteiger partial charge in [0, 0.05) is 14.6 Å². The maximum Gasteiger partial charge on any atom is 0.335 e. The average molecular weight is 485 g/mol. The van der Waals surface area contributed by atoms with Crippen LogP contribution in [0.3, 0.4) is 0 Å². The Morgan fingerprint density at radius 1 is 0.806 bits per heavy atom. The molecule has 0 saturated heterocycles. The Hall–Kier alpha value is -0.450. The maximum atomic E-state index is 13.1. The first-order valence-corrected chi connectivity index (χ1v) is 15.6. The molecule has 2 rings (SSSR count). The van der Waals surface area contributed by atoms with Crippen molar-refractivity contribution >= 4 is 30.3 Å². The molecule has 0 saturated carbocycles. The number of hydrogen-bond donors (Lipinski definition) is 0. The molecule has 2 aromatic heterocycles. The fraction of sp³-hybridized carbons (Fsp3) is 0.680. The molecular weight excluding hydrogens is 443 g/mol. The first-order valence-electron chi connectivity index (χ1n) is 12.1. The summed E-state index contributed by atoms with van der Waals surface area (Å²) in [6.45, 7) is 9.08. The van der Waals surface area contributed by atoms with Gasteiger partial charge >= 0.3 is 7.60 Å². The van der Waals surface area contributed by atoms with Gasteiger partial charge in [0.25, 0.3) is 0 Å². The van der Waals surface area contributed by atoms with Crippen LogP contribution >= 0.6 is 30.3 Å². The van der Waals surface area contributed by atoms with Crippen LogP contribution in [0.2, 0.25) is 0 Å². The molecule has 0 aromatic carbocycles. The number of thiophene rings is 2. The van der Waals surface area contributed by atoms with E-state index in [9.17, 15) is 4.57 Å². The van der Waals surface area contributed by atoms with Gasteiger partial charge in [0.15, 0.2) is 0 Å². The molecule has 0 bridgehead atoms. The van der Waals surface area contributed by atoms with Gasteiger partial charge in [-0.25, -0.2) is 0 Å². The minimum atomic E-state index is -3.08. The smallest absolute Gasteiger partial charge is 0.309 e. The lowest BCUT2D eigenvalue weighted by Crippen LogP contribution is -1.97. The Morgan fingerprint density at radius 3 is 2.00 bits per heavy atom. The molecule has 0 fully saturated rings. The predicted octanol–water partition coefficient (Wildman–Crippen LogP) is 9.49. The van der Waals surface area contributed by atoms with Gasteiger partial charge in [0.05, 0.1) is 19.4 Å². The van der Waals surface area contributed by atoms with Gasteiger partial charge in [0.1, 0.15) is 0 Å². The van der Waals surface area contributed by atoms with Crippen LogP contribution in [0.15, 0.2) is 17.5 Å². The Kier molecular flexibility index (Phi) is 12.7. The zero-order chi connectivity index (χ0) is 22.5. The maximum absolute atomic E-state index is 13.1. The largest absolute Gasteiger partial charge is 0.335 e. The van der Waals surface area contributed by atoms with Crippen molar-refractivity contribution < 1.29 is 13.6 Å². The van der Waals surface area contributed by atoms with Crippen molar-refractivity contribution in [3.8, 4) is 9.75 Å². The molecule has 0 aliphatic carbocycles. The second kappa shape index (κ2) is 14.6. The van der Waals surface area contributed by atoms with E-state index >= 15 is 0 Å². The van der Waals surface area contributed by atoms with Gasteiger partial charge in [-0.05, 0) is 68.2 Å². The third kappa shape index (κ3) is 8.78. The number of unbranched alkanes of at least 4 members (excludes halogenated alkanes) is 6. The summed E-state index contributed by atoms with van der Waals surface area (Å²) in [6, 6.07) is 4.58. The summed E-state index contributed by atoms with van der Waals surface area (Å²) in [6.07, 6.45) is 12.8. The summed E-state index contributed by atoms with van der Waals surface area (Å²) >= 11 is 3.65. The molecule has 0 spiro atoms. The molecule has 2 aromatic rings. The Labute approximate surface area is 198 Å². The highest BCUT2D eigenvalue weighted by Gasteiger charge is 2.26. The van der Waals surface area contributed by atoms with E-state index in [0.717, 1.165) is 17.7 Å². The summed E-state index contributed by atoms with van der Waals surface area (Å²) in [5, 5.41) is 2.23. The minimum absolute atomic E-state index is 0.374. The van der Waals surface area contributed by atoms with Crippen molar-refractivity contribution in [3.05, 3.63) is 33.5 Å². The fourth-order valence-corrected chi connectivity index (χ4v) is 8.30. The van der Waals surface area contributed by atoms with Crippen LogP contribution in [0.5, 0.6) is 0 Å². The van der Waals surface area contributed by atoms with Crippen molar-refractivity contribution in [2.75, 3.05) is 13.2 Å². The van der Waals surface area contributed by atoms with E-state index in [4.69, 9.17) is 9.05 Å². The van der Waals surface area contributed by atoms with Gasteiger partial charge in [0.2, 0.25) is 0 Å². The van der Waals surface area contributed by atoms with Crippen molar-refractivity contribution in [1.82, 2.24) is 0 Å². The molecule has 2 heterocycles. The molecule has 0 amide bonds. The van der Waals surface area contributed by atoms with Crippen molar-refractivity contribution in [2.45, 2.75) is 98.1 Å². The SMILES string of the molecule is CCCCCCc1ccsc1-c1sc(CP(=O)(OCC)OCC)cc1CCCCCC. The van der Waals surface area contributed by atoms with Crippen LogP contribution in [-0.4, -0.2) is 13.2 Å². The van der Waals surface area contributed by atoms with E-state index in [1.165, 1.54) is 72.2 Å². The predicted molar refractivity (Wildman–Crippen MR) is 138 cm³/mol. The number of aryl methyl sites for hydroxylation is 2. The van der Waals surface area contributed by atoms with Crippen LogP contribution in [0.1, 0.15) is 95.1 Å². The van der Waals surface area contributed by atoms with Gasteiger partial charge in [-0.2, -0.15) is 0 Å². The molecule has 0 unspecified atom stereocenters. The van der Waals surface area contributed by atoms with E-state index in [1.807, 2.05) is 25.2 Å². The zero-order valence-corrected chi connectivity index (χ0v) is 22.4.